The van der Waals surface area contributed by atoms with E-state index in [0.717, 1.165) is 28.3 Å². The molecule has 13 aromatic rings. The van der Waals surface area contributed by atoms with Crippen molar-refractivity contribution >= 4 is 71.2 Å². The molecule has 68 heavy (non-hydrogen) atoms. The Balaban J connectivity index is 0.995. The first-order valence-corrected chi connectivity index (χ1v) is 23.4. The van der Waals surface area contributed by atoms with Crippen molar-refractivity contribution in [2.45, 2.75) is 0 Å². The summed E-state index contributed by atoms with van der Waals surface area (Å²) in [7, 11) is 0. The Morgan fingerprint density at radius 3 is 1.41 bits per heavy atom. The summed E-state index contributed by atoms with van der Waals surface area (Å²) in [5, 5.41) is 9.91. The summed E-state index contributed by atoms with van der Waals surface area (Å²) in [5.74, 6) is 0. The smallest absolute Gasteiger partial charge is 0.0788 e. The van der Waals surface area contributed by atoms with Gasteiger partial charge in [0, 0.05) is 27.8 Å². The van der Waals surface area contributed by atoms with Crippen LogP contribution in [0.15, 0.2) is 267 Å². The Bertz CT molecular complexity index is 3970. The van der Waals surface area contributed by atoms with Crippen LogP contribution in [0.1, 0.15) is 0 Å². The fraction of sp³-hybridized carbons (Fsp3) is 0. The first kappa shape index (κ1) is 39.4. The molecule has 0 amide bonds. The number of fused-ring (bicyclic) bond motifs is 7. The molecule has 0 spiro atoms. The molecule has 0 radical (unpaired) electrons. The van der Waals surface area contributed by atoms with Crippen molar-refractivity contribution in [3.8, 4) is 50.2 Å². The van der Waals surface area contributed by atoms with Crippen molar-refractivity contribution in [1.29, 1.82) is 0 Å². The van der Waals surface area contributed by atoms with Gasteiger partial charge in [0.15, 0.2) is 0 Å². The number of hydrogen-bond donors (Lipinski definition) is 0. The lowest BCUT2D eigenvalue weighted by Crippen LogP contribution is -2.12. The normalized spacial score (nSPS) is 11.5. The van der Waals surface area contributed by atoms with Gasteiger partial charge in [-0.2, -0.15) is 0 Å². The minimum Gasteiger partial charge on any atom is -0.308 e. The molecular weight excluding hydrogens is 821 g/mol. The molecule has 2 heteroatoms. The van der Waals surface area contributed by atoms with E-state index >= 15 is 0 Å². The van der Waals surface area contributed by atoms with Crippen LogP contribution in [0.2, 0.25) is 0 Å². The Morgan fingerprint density at radius 1 is 0.279 bits per heavy atom. The molecule has 1 heterocycles. The third-order valence-electron chi connectivity index (χ3n) is 13.8. The molecule has 0 saturated carbocycles. The van der Waals surface area contributed by atoms with Crippen LogP contribution >= 0.6 is 0 Å². The number of rotatable bonds is 8. The first-order valence-electron chi connectivity index (χ1n) is 23.4. The van der Waals surface area contributed by atoms with E-state index in [9.17, 15) is 0 Å². The van der Waals surface area contributed by atoms with Crippen molar-refractivity contribution in [1.82, 2.24) is 4.57 Å². The summed E-state index contributed by atoms with van der Waals surface area (Å²) < 4.78 is 2.46. The second-order valence-electron chi connectivity index (χ2n) is 17.6. The maximum Gasteiger partial charge on any atom is 0.0788 e. The summed E-state index contributed by atoms with van der Waals surface area (Å²) in [6.45, 7) is 0. The van der Waals surface area contributed by atoms with E-state index in [2.05, 4.69) is 276 Å². The molecule has 0 aliphatic rings. The Labute approximate surface area is 395 Å². The van der Waals surface area contributed by atoms with Gasteiger partial charge in [0.2, 0.25) is 0 Å². The van der Waals surface area contributed by atoms with E-state index in [4.69, 9.17) is 0 Å². The molecule has 2 nitrogen and oxygen atoms in total. The molecule has 0 saturated heterocycles. The molecule has 0 bridgehead atoms. The van der Waals surface area contributed by atoms with Crippen LogP contribution in [-0.4, -0.2) is 4.57 Å². The van der Waals surface area contributed by atoms with Crippen LogP contribution in [0.5, 0.6) is 0 Å². The van der Waals surface area contributed by atoms with E-state index in [1.54, 1.807) is 0 Å². The minimum atomic E-state index is 1.07. The van der Waals surface area contributed by atoms with Crippen molar-refractivity contribution < 1.29 is 0 Å². The van der Waals surface area contributed by atoms with Crippen LogP contribution in [0, 0.1) is 0 Å². The van der Waals surface area contributed by atoms with Crippen molar-refractivity contribution in [2.24, 2.45) is 0 Å². The zero-order valence-corrected chi connectivity index (χ0v) is 37.3. The summed E-state index contributed by atoms with van der Waals surface area (Å²) in [6, 6.07) is 97.5. The van der Waals surface area contributed by atoms with Gasteiger partial charge in [-0.05, 0) is 125 Å². The zero-order valence-electron chi connectivity index (χ0n) is 37.3. The standard InChI is InChI=1S/C66H44N2/c1-3-16-48(17-4-1)58-29-14-21-51-22-15-30-59(64(51)58)50-38-42-55(43-39-50)67(54-40-36-46(37-41-54)45-32-34-49(35-33-45)57-28-13-20-47-18-7-9-25-56(47)57)63-44-52-19-8-10-26-60(52)65-61-27-11-12-31-62(61)68(66(63)65)53-23-5-2-6-24-53/h1-44H. The second-order valence-corrected chi connectivity index (χ2v) is 17.6. The van der Waals surface area contributed by atoms with Crippen molar-refractivity contribution in [3.63, 3.8) is 0 Å². The van der Waals surface area contributed by atoms with Gasteiger partial charge >= 0.3 is 0 Å². The summed E-state index contributed by atoms with van der Waals surface area (Å²) in [4.78, 5) is 2.46. The third-order valence-corrected chi connectivity index (χ3v) is 13.8. The van der Waals surface area contributed by atoms with Crippen molar-refractivity contribution in [3.05, 3.63) is 267 Å². The molecule has 0 aliphatic carbocycles. The van der Waals surface area contributed by atoms with Gasteiger partial charge in [0.05, 0.1) is 16.7 Å². The zero-order chi connectivity index (χ0) is 45.0. The maximum atomic E-state index is 2.46. The quantitative estimate of drug-likeness (QED) is 0.148. The molecule has 0 fully saturated rings. The number of benzene rings is 12. The predicted molar refractivity (Wildman–Crippen MR) is 290 cm³/mol. The number of hydrogen-bond acceptors (Lipinski definition) is 1. The highest BCUT2D eigenvalue weighted by molar-refractivity contribution is 6.25. The summed E-state index contributed by atoms with van der Waals surface area (Å²) in [6.07, 6.45) is 0. The first-order chi connectivity index (χ1) is 33.7. The van der Waals surface area contributed by atoms with E-state index in [1.807, 2.05) is 0 Å². The average Bonchev–Trinajstić information content (AvgIpc) is 3.77. The monoisotopic (exact) mass is 864 g/mol. The van der Waals surface area contributed by atoms with Gasteiger partial charge in [-0.3, -0.25) is 0 Å². The molecule has 0 N–H and O–H groups in total. The minimum absolute atomic E-state index is 1.07. The molecule has 318 valence electrons. The van der Waals surface area contributed by atoms with Crippen LogP contribution in [0.3, 0.4) is 0 Å². The highest BCUT2D eigenvalue weighted by atomic mass is 15.2. The lowest BCUT2D eigenvalue weighted by Gasteiger charge is -2.28. The molecule has 0 aliphatic heterocycles. The van der Waals surface area contributed by atoms with Gasteiger partial charge in [0.25, 0.3) is 0 Å². The molecule has 13 rings (SSSR count). The largest absolute Gasteiger partial charge is 0.308 e. The van der Waals surface area contributed by atoms with Crippen LogP contribution in [0.4, 0.5) is 17.1 Å². The number of para-hydroxylation sites is 2. The molecule has 0 atom stereocenters. The highest BCUT2D eigenvalue weighted by Gasteiger charge is 2.24. The fourth-order valence-corrected chi connectivity index (χ4v) is 10.6. The molecular formula is C66H44N2. The summed E-state index contributed by atoms with van der Waals surface area (Å²) in [5.41, 5.74) is 16.4. The van der Waals surface area contributed by atoms with E-state index in [0.29, 0.717) is 0 Å². The number of anilines is 3. The topological polar surface area (TPSA) is 8.17 Å². The lowest BCUT2D eigenvalue weighted by atomic mass is 9.91. The van der Waals surface area contributed by atoms with E-state index in [1.165, 1.54) is 93.1 Å². The molecule has 0 unspecified atom stereocenters. The van der Waals surface area contributed by atoms with Gasteiger partial charge in [0.1, 0.15) is 0 Å². The number of aromatic nitrogens is 1. The lowest BCUT2D eigenvalue weighted by molar-refractivity contribution is 1.17. The van der Waals surface area contributed by atoms with Crippen LogP contribution in [-0.2, 0) is 0 Å². The molecule has 1 aromatic heterocycles. The average molecular weight is 865 g/mol. The van der Waals surface area contributed by atoms with Gasteiger partial charge in [-0.1, -0.05) is 218 Å². The SMILES string of the molecule is c1ccc(-c2cccc3cccc(-c4ccc(N(c5ccc(-c6ccc(-c7cccc8ccccc78)cc6)cc5)c5cc6ccccc6c6c7ccccc7n(-c7ccccc7)c56)cc4)c23)cc1. The number of nitrogens with zero attached hydrogens (tertiary/aromatic N) is 2. The third kappa shape index (κ3) is 6.65. The maximum absolute atomic E-state index is 2.46. The Morgan fingerprint density at radius 2 is 0.735 bits per heavy atom. The van der Waals surface area contributed by atoms with Crippen LogP contribution < -0.4 is 4.90 Å². The predicted octanol–water partition coefficient (Wildman–Crippen LogP) is 18.4. The fourth-order valence-electron chi connectivity index (χ4n) is 10.6. The summed E-state index contributed by atoms with van der Waals surface area (Å²) >= 11 is 0. The van der Waals surface area contributed by atoms with Crippen molar-refractivity contribution in [2.75, 3.05) is 4.90 Å². The van der Waals surface area contributed by atoms with Gasteiger partial charge < -0.3 is 9.47 Å². The van der Waals surface area contributed by atoms with E-state index < -0.39 is 0 Å². The highest BCUT2D eigenvalue weighted by Crippen LogP contribution is 2.47. The Hall–Kier alpha value is -8.98. The molecule has 12 aromatic carbocycles. The van der Waals surface area contributed by atoms with Gasteiger partial charge in [-0.15, -0.1) is 0 Å². The van der Waals surface area contributed by atoms with Crippen LogP contribution in [0.25, 0.3) is 104 Å². The van der Waals surface area contributed by atoms with Gasteiger partial charge in [-0.25, -0.2) is 0 Å². The Kier molecular flexibility index (Phi) is 9.54. The second kappa shape index (κ2) is 16.5. The van der Waals surface area contributed by atoms with E-state index in [-0.39, 0.29) is 0 Å².